The predicted octanol–water partition coefficient (Wildman–Crippen LogP) is 0.784. The third-order valence-corrected chi connectivity index (χ3v) is 5.23. The van der Waals surface area contributed by atoms with E-state index in [0.29, 0.717) is 13.1 Å². The van der Waals surface area contributed by atoms with Crippen molar-refractivity contribution in [2.75, 3.05) is 39.5 Å². The van der Waals surface area contributed by atoms with Crippen LogP contribution in [0.2, 0.25) is 0 Å². The van der Waals surface area contributed by atoms with E-state index in [1.165, 1.54) is 10.6 Å². The largest absolute Gasteiger partial charge is 0.496 e. The van der Waals surface area contributed by atoms with Gasteiger partial charge < -0.3 is 4.74 Å². The summed E-state index contributed by atoms with van der Waals surface area (Å²) in [6.45, 7) is 7.25. The number of piperazine rings is 1. The van der Waals surface area contributed by atoms with Crippen molar-refractivity contribution in [3.05, 3.63) is 23.0 Å². The molecule has 2 heterocycles. The van der Waals surface area contributed by atoms with E-state index in [9.17, 15) is 8.42 Å². The Balaban J connectivity index is 2.05. The van der Waals surface area contributed by atoms with Gasteiger partial charge in [-0.05, 0) is 13.8 Å². The van der Waals surface area contributed by atoms with Gasteiger partial charge >= 0.3 is 0 Å². The number of ether oxygens (including phenoxy) is 1. The first-order valence-electron chi connectivity index (χ1n) is 6.99. The molecule has 1 aromatic heterocycles. The number of pyridine rings is 1. The fourth-order valence-electron chi connectivity index (χ4n) is 2.66. The molecule has 0 aliphatic carbocycles. The molecule has 0 saturated carbocycles. The van der Waals surface area contributed by atoms with Gasteiger partial charge in [-0.15, -0.1) is 0 Å². The quantitative estimate of drug-likeness (QED) is 0.822. The first-order valence-corrected chi connectivity index (χ1v) is 8.84. The Bertz CT molecular complexity index is 608. The lowest BCUT2D eigenvalue weighted by Gasteiger charge is -2.33. The summed E-state index contributed by atoms with van der Waals surface area (Å²) in [5.74, 6) is 0.884. The lowest BCUT2D eigenvalue weighted by Crippen LogP contribution is -2.47. The minimum Gasteiger partial charge on any atom is -0.496 e. The minimum absolute atomic E-state index is 0.543. The van der Waals surface area contributed by atoms with Crippen molar-refractivity contribution in [2.24, 2.45) is 0 Å². The van der Waals surface area contributed by atoms with E-state index in [4.69, 9.17) is 4.74 Å². The highest BCUT2D eigenvalue weighted by atomic mass is 32.2. The highest BCUT2D eigenvalue weighted by molar-refractivity contribution is 7.88. The van der Waals surface area contributed by atoms with E-state index in [2.05, 4.69) is 9.88 Å². The number of hydrogen-bond acceptors (Lipinski definition) is 5. The summed E-state index contributed by atoms with van der Waals surface area (Å²) >= 11 is 0. The fourth-order valence-corrected chi connectivity index (χ4v) is 3.49. The SMILES string of the molecule is COc1c(C)cnc(CN2CCN(S(C)(=O)=O)CC2)c1C. The van der Waals surface area contributed by atoms with Crippen LogP contribution in [0.4, 0.5) is 0 Å². The predicted molar refractivity (Wildman–Crippen MR) is 82.0 cm³/mol. The first-order chi connectivity index (χ1) is 9.82. The van der Waals surface area contributed by atoms with Gasteiger partial charge in [0.2, 0.25) is 10.0 Å². The molecule has 0 amide bonds. The molecule has 0 aromatic carbocycles. The zero-order valence-corrected chi connectivity index (χ0v) is 13.9. The van der Waals surface area contributed by atoms with Gasteiger partial charge in [-0.25, -0.2) is 8.42 Å². The standard InChI is InChI=1S/C14H23N3O3S/c1-11-9-15-13(12(2)14(11)20-3)10-16-5-7-17(8-6-16)21(4,18)19/h9H,5-8,10H2,1-4H3. The van der Waals surface area contributed by atoms with E-state index in [1.54, 1.807) is 7.11 Å². The molecule has 0 atom stereocenters. The molecular formula is C14H23N3O3S. The maximum absolute atomic E-state index is 11.5. The maximum atomic E-state index is 11.5. The summed E-state index contributed by atoms with van der Waals surface area (Å²) in [4.78, 5) is 6.72. The fraction of sp³-hybridized carbons (Fsp3) is 0.643. The van der Waals surface area contributed by atoms with Gasteiger partial charge in [-0.1, -0.05) is 0 Å². The highest BCUT2D eigenvalue weighted by Gasteiger charge is 2.24. The summed E-state index contributed by atoms with van der Waals surface area (Å²) in [7, 11) is -1.40. The molecule has 1 fully saturated rings. The van der Waals surface area contributed by atoms with Crippen LogP contribution in [0.15, 0.2) is 6.20 Å². The van der Waals surface area contributed by atoms with E-state index >= 15 is 0 Å². The summed E-state index contributed by atoms with van der Waals surface area (Å²) in [6, 6.07) is 0. The van der Waals surface area contributed by atoms with Gasteiger partial charge in [0.25, 0.3) is 0 Å². The Morgan fingerprint density at radius 3 is 2.38 bits per heavy atom. The molecule has 1 saturated heterocycles. The van der Waals surface area contributed by atoms with E-state index in [0.717, 1.165) is 42.2 Å². The Morgan fingerprint density at radius 1 is 1.24 bits per heavy atom. The van der Waals surface area contributed by atoms with Crippen molar-refractivity contribution >= 4 is 10.0 Å². The van der Waals surface area contributed by atoms with Crippen molar-refractivity contribution in [1.29, 1.82) is 0 Å². The first kappa shape index (κ1) is 16.2. The van der Waals surface area contributed by atoms with Crippen LogP contribution in [0.3, 0.4) is 0 Å². The zero-order chi connectivity index (χ0) is 15.6. The molecule has 0 radical (unpaired) electrons. The molecule has 0 spiro atoms. The molecule has 0 bridgehead atoms. The number of hydrogen-bond donors (Lipinski definition) is 0. The molecule has 1 aromatic rings. The lowest BCUT2D eigenvalue weighted by atomic mass is 10.1. The summed E-state index contributed by atoms with van der Waals surface area (Å²) < 4.78 is 30.0. The number of rotatable bonds is 4. The Labute approximate surface area is 126 Å². The monoisotopic (exact) mass is 313 g/mol. The number of sulfonamides is 1. The van der Waals surface area contributed by atoms with Crippen LogP contribution < -0.4 is 4.74 Å². The van der Waals surface area contributed by atoms with E-state index in [1.807, 2.05) is 20.0 Å². The molecule has 1 aliphatic heterocycles. The molecule has 2 rings (SSSR count). The zero-order valence-electron chi connectivity index (χ0n) is 13.1. The molecule has 0 unspecified atom stereocenters. The van der Waals surface area contributed by atoms with Gasteiger partial charge in [-0.3, -0.25) is 9.88 Å². The lowest BCUT2D eigenvalue weighted by molar-refractivity contribution is 0.180. The number of nitrogens with zero attached hydrogens (tertiary/aromatic N) is 3. The Kier molecular flexibility index (Phi) is 4.85. The molecule has 118 valence electrons. The summed E-state index contributed by atoms with van der Waals surface area (Å²) in [5, 5.41) is 0. The molecule has 7 heteroatoms. The van der Waals surface area contributed by atoms with Crippen LogP contribution in [-0.4, -0.2) is 62.2 Å². The molecule has 0 N–H and O–H groups in total. The second kappa shape index (κ2) is 6.29. The van der Waals surface area contributed by atoms with Gasteiger partial charge in [0.05, 0.1) is 19.1 Å². The average molecular weight is 313 g/mol. The number of aryl methyl sites for hydroxylation is 1. The third kappa shape index (κ3) is 3.72. The average Bonchev–Trinajstić information content (AvgIpc) is 2.42. The Hall–Kier alpha value is -1.18. The van der Waals surface area contributed by atoms with Gasteiger partial charge in [0, 0.05) is 50.0 Å². The van der Waals surface area contributed by atoms with Crippen molar-refractivity contribution < 1.29 is 13.2 Å². The van der Waals surface area contributed by atoms with Crippen LogP contribution >= 0.6 is 0 Å². The normalized spacial score (nSPS) is 17.9. The van der Waals surface area contributed by atoms with Crippen molar-refractivity contribution in [1.82, 2.24) is 14.2 Å². The van der Waals surface area contributed by atoms with Crippen LogP contribution in [0.1, 0.15) is 16.8 Å². The molecular weight excluding hydrogens is 290 g/mol. The number of methoxy groups -OCH3 is 1. The van der Waals surface area contributed by atoms with Gasteiger partial charge in [0.15, 0.2) is 0 Å². The topological polar surface area (TPSA) is 62.7 Å². The minimum atomic E-state index is -3.08. The third-order valence-electron chi connectivity index (χ3n) is 3.92. The molecule has 1 aliphatic rings. The van der Waals surface area contributed by atoms with E-state index < -0.39 is 10.0 Å². The van der Waals surface area contributed by atoms with Gasteiger partial charge in [-0.2, -0.15) is 4.31 Å². The van der Waals surface area contributed by atoms with Crippen LogP contribution in [0.25, 0.3) is 0 Å². The van der Waals surface area contributed by atoms with E-state index in [-0.39, 0.29) is 0 Å². The second-order valence-corrected chi connectivity index (χ2v) is 7.47. The second-order valence-electron chi connectivity index (χ2n) is 5.48. The smallest absolute Gasteiger partial charge is 0.211 e. The van der Waals surface area contributed by atoms with Crippen molar-refractivity contribution in [2.45, 2.75) is 20.4 Å². The molecule has 21 heavy (non-hydrogen) atoms. The van der Waals surface area contributed by atoms with Gasteiger partial charge in [0.1, 0.15) is 5.75 Å². The van der Waals surface area contributed by atoms with Crippen LogP contribution in [0.5, 0.6) is 5.75 Å². The summed E-state index contributed by atoms with van der Waals surface area (Å²) in [5.41, 5.74) is 3.08. The summed E-state index contributed by atoms with van der Waals surface area (Å²) in [6.07, 6.45) is 3.09. The van der Waals surface area contributed by atoms with Crippen LogP contribution in [-0.2, 0) is 16.6 Å². The maximum Gasteiger partial charge on any atom is 0.211 e. The molecule has 6 nitrogen and oxygen atoms in total. The highest BCUT2D eigenvalue weighted by Crippen LogP contribution is 2.25. The van der Waals surface area contributed by atoms with Crippen molar-refractivity contribution in [3.63, 3.8) is 0 Å². The van der Waals surface area contributed by atoms with Crippen LogP contribution in [0, 0.1) is 13.8 Å². The van der Waals surface area contributed by atoms with Crippen molar-refractivity contribution in [3.8, 4) is 5.75 Å². The Morgan fingerprint density at radius 2 is 1.86 bits per heavy atom. The number of aromatic nitrogens is 1.